The summed E-state index contributed by atoms with van der Waals surface area (Å²) < 4.78 is 32.5. The van der Waals surface area contributed by atoms with E-state index in [2.05, 4.69) is 10.2 Å². The third-order valence-electron chi connectivity index (χ3n) is 5.12. The van der Waals surface area contributed by atoms with Crippen LogP contribution in [0.15, 0.2) is 48.5 Å². The summed E-state index contributed by atoms with van der Waals surface area (Å²) >= 11 is 0. The van der Waals surface area contributed by atoms with Gasteiger partial charge < -0.3 is 10.1 Å². The summed E-state index contributed by atoms with van der Waals surface area (Å²) in [6.45, 7) is 3.31. The van der Waals surface area contributed by atoms with Crippen molar-refractivity contribution in [3.8, 4) is 0 Å². The number of nitrogens with one attached hydrogen (secondary N) is 1. The van der Waals surface area contributed by atoms with Crippen LogP contribution in [0.3, 0.4) is 0 Å². The van der Waals surface area contributed by atoms with Gasteiger partial charge in [-0.05, 0) is 42.3 Å². The molecular formula is C20H22F2N2O. The minimum Gasteiger partial charge on any atom is -0.380 e. The second-order valence-corrected chi connectivity index (χ2v) is 7.14. The van der Waals surface area contributed by atoms with Crippen molar-refractivity contribution in [2.24, 2.45) is 0 Å². The number of hydrogen-bond acceptors (Lipinski definition) is 3. The fourth-order valence-electron chi connectivity index (χ4n) is 3.95. The van der Waals surface area contributed by atoms with Gasteiger partial charge in [-0.25, -0.2) is 8.78 Å². The quantitative estimate of drug-likeness (QED) is 0.913. The monoisotopic (exact) mass is 344 g/mol. The van der Waals surface area contributed by atoms with Gasteiger partial charge in [0, 0.05) is 31.7 Å². The van der Waals surface area contributed by atoms with Gasteiger partial charge in [0.2, 0.25) is 0 Å². The third kappa shape index (κ3) is 3.83. The topological polar surface area (TPSA) is 24.5 Å². The number of anilines is 1. The molecule has 0 saturated carbocycles. The molecule has 2 aliphatic heterocycles. The maximum atomic E-state index is 13.3. The van der Waals surface area contributed by atoms with Crippen LogP contribution in [0.25, 0.3) is 0 Å². The Morgan fingerprint density at radius 2 is 1.96 bits per heavy atom. The van der Waals surface area contributed by atoms with E-state index in [9.17, 15) is 8.78 Å². The van der Waals surface area contributed by atoms with E-state index in [1.165, 1.54) is 24.3 Å². The summed E-state index contributed by atoms with van der Waals surface area (Å²) in [6.07, 6.45) is 1.92. The Balaban J connectivity index is 1.34. The molecule has 4 rings (SSSR count). The molecule has 1 spiro atoms. The van der Waals surface area contributed by atoms with Gasteiger partial charge >= 0.3 is 0 Å². The van der Waals surface area contributed by atoms with E-state index < -0.39 is 0 Å². The number of benzene rings is 2. The number of halogens is 2. The van der Waals surface area contributed by atoms with Crippen LogP contribution >= 0.6 is 0 Å². The van der Waals surface area contributed by atoms with Crippen molar-refractivity contribution in [1.29, 1.82) is 0 Å². The lowest BCUT2D eigenvalue weighted by molar-refractivity contribution is 0.0120. The van der Waals surface area contributed by atoms with E-state index in [0.717, 1.165) is 43.7 Å². The molecule has 2 unspecified atom stereocenters. The number of likely N-dealkylation sites (tertiary alicyclic amines) is 1. The molecule has 132 valence electrons. The maximum absolute atomic E-state index is 13.3. The second kappa shape index (κ2) is 6.73. The smallest absolute Gasteiger partial charge is 0.125 e. The van der Waals surface area contributed by atoms with Crippen molar-refractivity contribution in [1.82, 2.24) is 4.90 Å². The number of ether oxygens (including phenoxy) is 1. The Morgan fingerprint density at radius 3 is 2.76 bits per heavy atom. The Morgan fingerprint density at radius 1 is 1.12 bits per heavy atom. The molecule has 0 amide bonds. The van der Waals surface area contributed by atoms with Crippen molar-refractivity contribution >= 4 is 5.69 Å². The first-order chi connectivity index (χ1) is 12.1. The second-order valence-electron chi connectivity index (χ2n) is 7.14. The van der Waals surface area contributed by atoms with Crippen molar-refractivity contribution in [3.63, 3.8) is 0 Å². The standard InChI is InChI=1S/C20H22F2N2O/c21-16-6-4-15(5-7-16)12-24-9-8-20(14-24)11-19(13-25-20)23-18-3-1-2-17(22)10-18/h1-7,10,19,23H,8-9,11-14H2. The van der Waals surface area contributed by atoms with Gasteiger partial charge in [0.15, 0.2) is 0 Å². The minimum absolute atomic E-state index is 0.120. The Kier molecular flexibility index (Phi) is 4.44. The lowest BCUT2D eigenvalue weighted by Gasteiger charge is -2.23. The normalized spacial score (nSPS) is 26.4. The molecule has 0 aromatic heterocycles. The molecule has 2 heterocycles. The summed E-state index contributed by atoms with van der Waals surface area (Å²) in [5.74, 6) is -0.433. The van der Waals surface area contributed by atoms with Crippen LogP contribution in [0.4, 0.5) is 14.5 Å². The molecule has 2 fully saturated rings. The molecular weight excluding hydrogens is 322 g/mol. The molecule has 2 aliphatic rings. The van der Waals surface area contributed by atoms with Gasteiger partial charge in [-0.15, -0.1) is 0 Å². The first-order valence-electron chi connectivity index (χ1n) is 8.73. The SMILES string of the molecule is Fc1ccc(CN2CCC3(CC(Nc4cccc(F)c4)CO3)C2)cc1. The Hall–Kier alpha value is -1.98. The zero-order valence-electron chi connectivity index (χ0n) is 14.1. The van der Waals surface area contributed by atoms with E-state index in [1.807, 2.05) is 18.2 Å². The van der Waals surface area contributed by atoms with Crippen LogP contribution in [0, 0.1) is 11.6 Å². The molecule has 1 N–H and O–H groups in total. The van der Waals surface area contributed by atoms with Crippen LogP contribution in [0.5, 0.6) is 0 Å². The van der Waals surface area contributed by atoms with Crippen molar-refractivity contribution in [2.45, 2.75) is 31.0 Å². The lowest BCUT2D eigenvalue weighted by atomic mass is 9.97. The predicted octanol–water partition coefficient (Wildman–Crippen LogP) is 3.81. The zero-order chi connectivity index (χ0) is 17.3. The van der Waals surface area contributed by atoms with Crippen LogP contribution in [0.1, 0.15) is 18.4 Å². The highest BCUT2D eigenvalue weighted by Gasteiger charge is 2.45. The highest BCUT2D eigenvalue weighted by Crippen LogP contribution is 2.36. The summed E-state index contributed by atoms with van der Waals surface area (Å²) in [4.78, 5) is 2.36. The summed E-state index contributed by atoms with van der Waals surface area (Å²) in [6, 6.07) is 13.4. The number of nitrogens with zero attached hydrogens (tertiary/aromatic N) is 1. The van der Waals surface area contributed by atoms with Crippen LogP contribution in [-0.4, -0.2) is 36.2 Å². The molecule has 2 saturated heterocycles. The molecule has 3 nitrogen and oxygen atoms in total. The molecule has 2 aromatic carbocycles. The van der Waals surface area contributed by atoms with E-state index in [4.69, 9.17) is 4.74 Å². The van der Waals surface area contributed by atoms with Gasteiger partial charge in [-0.2, -0.15) is 0 Å². The van der Waals surface area contributed by atoms with Crippen LogP contribution in [0.2, 0.25) is 0 Å². The maximum Gasteiger partial charge on any atom is 0.125 e. The highest BCUT2D eigenvalue weighted by atomic mass is 19.1. The van der Waals surface area contributed by atoms with E-state index in [1.54, 1.807) is 6.07 Å². The van der Waals surface area contributed by atoms with Gasteiger partial charge in [0.1, 0.15) is 11.6 Å². The van der Waals surface area contributed by atoms with E-state index in [-0.39, 0.29) is 23.3 Å². The van der Waals surface area contributed by atoms with E-state index in [0.29, 0.717) is 6.61 Å². The minimum atomic E-state index is -0.232. The van der Waals surface area contributed by atoms with Crippen LogP contribution < -0.4 is 5.32 Å². The predicted molar refractivity (Wildman–Crippen MR) is 93.4 cm³/mol. The Labute approximate surface area is 146 Å². The zero-order valence-corrected chi connectivity index (χ0v) is 14.1. The molecule has 0 bridgehead atoms. The Bertz CT molecular complexity index is 737. The van der Waals surface area contributed by atoms with Gasteiger partial charge in [0.25, 0.3) is 0 Å². The number of rotatable bonds is 4. The average Bonchev–Trinajstić information content (AvgIpc) is 3.16. The van der Waals surface area contributed by atoms with Gasteiger partial charge in [0.05, 0.1) is 18.2 Å². The molecule has 2 atom stereocenters. The van der Waals surface area contributed by atoms with Crippen molar-refractivity contribution in [3.05, 3.63) is 65.7 Å². The highest BCUT2D eigenvalue weighted by molar-refractivity contribution is 5.44. The molecule has 0 aliphatic carbocycles. The number of hydrogen-bond donors (Lipinski definition) is 1. The van der Waals surface area contributed by atoms with Crippen molar-refractivity contribution < 1.29 is 13.5 Å². The largest absolute Gasteiger partial charge is 0.380 e. The van der Waals surface area contributed by atoms with Crippen LogP contribution in [-0.2, 0) is 11.3 Å². The summed E-state index contributed by atoms with van der Waals surface area (Å²) in [5.41, 5.74) is 1.79. The summed E-state index contributed by atoms with van der Waals surface area (Å²) in [5, 5.41) is 3.38. The molecule has 25 heavy (non-hydrogen) atoms. The van der Waals surface area contributed by atoms with Gasteiger partial charge in [-0.3, -0.25) is 4.90 Å². The fraction of sp³-hybridized carbons (Fsp3) is 0.400. The van der Waals surface area contributed by atoms with Crippen molar-refractivity contribution in [2.75, 3.05) is 25.0 Å². The molecule has 5 heteroatoms. The molecule has 2 aromatic rings. The lowest BCUT2D eigenvalue weighted by Crippen LogP contribution is -2.33. The average molecular weight is 344 g/mol. The van der Waals surface area contributed by atoms with Gasteiger partial charge in [-0.1, -0.05) is 18.2 Å². The summed E-state index contributed by atoms with van der Waals surface area (Å²) in [7, 11) is 0. The molecule has 0 radical (unpaired) electrons. The first-order valence-corrected chi connectivity index (χ1v) is 8.73. The third-order valence-corrected chi connectivity index (χ3v) is 5.12. The first kappa shape index (κ1) is 16.5. The van der Waals surface area contributed by atoms with E-state index >= 15 is 0 Å². The fourth-order valence-corrected chi connectivity index (χ4v) is 3.95.